The van der Waals surface area contributed by atoms with Crippen molar-refractivity contribution in [2.45, 2.75) is 0 Å². The molecule has 0 radical (unpaired) electrons. The number of nitrogens with zero attached hydrogens (tertiary/aromatic N) is 7. The molecule has 0 fully saturated rings. The Hall–Kier alpha value is -4.95. The van der Waals surface area contributed by atoms with Gasteiger partial charge in [0, 0.05) is 12.4 Å². The molecule has 0 amide bonds. The highest BCUT2D eigenvalue weighted by Gasteiger charge is 2.13. The normalized spacial score (nSPS) is 9.07. The maximum absolute atomic E-state index is 10.1. The lowest BCUT2D eigenvalue weighted by Gasteiger charge is -1.89. The van der Waals surface area contributed by atoms with Gasteiger partial charge in [-0.1, -0.05) is 6.07 Å². The summed E-state index contributed by atoms with van der Waals surface area (Å²) in [5.41, 5.74) is -1.54. The third-order valence-electron chi connectivity index (χ3n) is 2.83. The largest absolute Gasteiger partial charge is 0.294 e. The van der Waals surface area contributed by atoms with E-state index >= 15 is 0 Å². The molecule has 0 saturated heterocycles. The molecule has 0 atom stereocenters. The molecule has 30 heavy (non-hydrogen) atoms. The van der Waals surface area contributed by atoms with E-state index in [2.05, 4.69) is 15.0 Å². The SMILES string of the molecule is O=[N+]([O-])c1cncc([N+](=O)[O-])c1.O=[N+]([O-])c1cncc([N+](=O)[O-])c1.c1ccncc1. The van der Waals surface area contributed by atoms with Crippen molar-refractivity contribution in [3.8, 4) is 0 Å². The third-order valence-corrected chi connectivity index (χ3v) is 2.83. The quantitative estimate of drug-likeness (QED) is 0.444. The molecule has 3 aromatic rings. The van der Waals surface area contributed by atoms with Crippen LogP contribution in [0.3, 0.4) is 0 Å². The summed E-state index contributed by atoms with van der Waals surface area (Å²) in [5, 5.41) is 40.5. The molecule has 15 nitrogen and oxygen atoms in total. The van der Waals surface area contributed by atoms with Gasteiger partial charge in [-0.05, 0) is 12.1 Å². The molecule has 0 N–H and O–H groups in total. The Labute approximate surface area is 166 Å². The fraction of sp³-hybridized carbons (Fsp3) is 0. The number of nitro groups is 4. The second-order valence-corrected chi connectivity index (χ2v) is 4.86. The van der Waals surface area contributed by atoms with Crippen LogP contribution in [-0.4, -0.2) is 34.6 Å². The minimum absolute atomic E-state index is 0.385. The first-order valence-corrected chi connectivity index (χ1v) is 7.55. The molecule has 154 valence electrons. The van der Waals surface area contributed by atoms with E-state index in [0.717, 1.165) is 36.9 Å². The minimum Gasteiger partial charge on any atom is -0.265 e. The summed E-state index contributed by atoms with van der Waals surface area (Å²) in [6, 6.07) is 7.42. The van der Waals surface area contributed by atoms with Gasteiger partial charge in [-0.25, -0.2) is 0 Å². The van der Waals surface area contributed by atoms with Gasteiger partial charge in [0.1, 0.15) is 24.8 Å². The predicted molar refractivity (Wildman–Crippen MR) is 99.3 cm³/mol. The number of aromatic nitrogens is 3. The fourth-order valence-electron chi connectivity index (χ4n) is 1.54. The maximum atomic E-state index is 10.1. The van der Waals surface area contributed by atoms with Crippen LogP contribution in [0.15, 0.2) is 67.5 Å². The highest BCUT2D eigenvalue weighted by molar-refractivity contribution is 5.38. The average Bonchev–Trinajstić information content (AvgIpc) is 2.76. The summed E-state index contributed by atoms with van der Waals surface area (Å²) < 4.78 is 0. The molecular formula is C15H11N7O8. The number of hydrogen-bond acceptors (Lipinski definition) is 11. The van der Waals surface area contributed by atoms with Crippen molar-refractivity contribution in [3.63, 3.8) is 0 Å². The van der Waals surface area contributed by atoms with E-state index in [-0.39, 0.29) is 22.7 Å². The molecule has 0 unspecified atom stereocenters. The Bertz CT molecular complexity index is 880. The molecule has 0 aliphatic carbocycles. The van der Waals surface area contributed by atoms with Gasteiger partial charge in [0.25, 0.3) is 22.7 Å². The number of pyridine rings is 3. The van der Waals surface area contributed by atoms with Crippen molar-refractivity contribution in [1.82, 2.24) is 15.0 Å². The summed E-state index contributed by atoms with van der Waals surface area (Å²) in [7, 11) is 0. The van der Waals surface area contributed by atoms with Crippen LogP contribution < -0.4 is 0 Å². The van der Waals surface area contributed by atoms with Gasteiger partial charge < -0.3 is 0 Å². The van der Waals surface area contributed by atoms with Gasteiger partial charge >= 0.3 is 0 Å². The fourth-order valence-corrected chi connectivity index (χ4v) is 1.54. The van der Waals surface area contributed by atoms with E-state index in [4.69, 9.17) is 0 Å². The summed E-state index contributed by atoms with van der Waals surface area (Å²) in [5.74, 6) is 0. The molecular weight excluding hydrogens is 406 g/mol. The maximum Gasteiger partial charge on any atom is 0.294 e. The molecule has 0 spiro atoms. The van der Waals surface area contributed by atoms with E-state index in [0.29, 0.717) is 0 Å². The predicted octanol–water partition coefficient (Wildman–Crippen LogP) is 2.88. The molecule has 3 heterocycles. The van der Waals surface area contributed by atoms with E-state index in [1.54, 1.807) is 12.4 Å². The summed E-state index contributed by atoms with van der Waals surface area (Å²) in [6.45, 7) is 0. The highest BCUT2D eigenvalue weighted by atomic mass is 16.6. The minimum atomic E-state index is -0.736. The van der Waals surface area contributed by atoms with Crippen molar-refractivity contribution in [2.24, 2.45) is 0 Å². The van der Waals surface area contributed by atoms with Crippen LogP contribution in [0.5, 0.6) is 0 Å². The van der Waals surface area contributed by atoms with E-state index in [1.807, 2.05) is 18.2 Å². The van der Waals surface area contributed by atoms with Crippen molar-refractivity contribution < 1.29 is 19.7 Å². The van der Waals surface area contributed by atoms with Crippen molar-refractivity contribution in [2.75, 3.05) is 0 Å². The van der Waals surface area contributed by atoms with Crippen LogP contribution in [0.2, 0.25) is 0 Å². The second-order valence-electron chi connectivity index (χ2n) is 4.86. The standard InChI is InChI=1S/2C5H3N3O4.C5H5N/c2*9-7(10)4-1-5(8(11)12)3-6-2-4;1-2-4-6-5-3-1/h2*1-3H;1-5H. The summed E-state index contributed by atoms with van der Waals surface area (Å²) >= 11 is 0. The smallest absolute Gasteiger partial charge is 0.265 e. The monoisotopic (exact) mass is 417 g/mol. The Kier molecular flexibility index (Phi) is 9.00. The first kappa shape index (κ1) is 23.1. The summed E-state index contributed by atoms with van der Waals surface area (Å²) in [6.07, 6.45) is 7.31. The van der Waals surface area contributed by atoms with E-state index < -0.39 is 19.7 Å². The molecule has 0 saturated carbocycles. The van der Waals surface area contributed by atoms with Gasteiger partial charge in [0.2, 0.25) is 0 Å². The van der Waals surface area contributed by atoms with Crippen LogP contribution in [-0.2, 0) is 0 Å². The van der Waals surface area contributed by atoms with Crippen LogP contribution in [0.4, 0.5) is 22.7 Å². The molecule has 0 bridgehead atoms. The molecule has 3 rings (SSSR count). The van der Waals surface area contributed by atoms with E-state index in [1.165, 1.54) is 0 Å². The zero-order valence-corrected chi connectivity index (χ0v) is 14.7. The van der Waals surface area contributed by atoms with Gasteiger partial charge in [0.15, 0.2) is 0 Å². The molecule has 3 aromatic heterocycles. The van der Waals surface area contributed by atoms with Crippen LogP contribution in [0, 0.1) is 40.5 Å². The second kappa shape index (κ2) is 11.7. The van der Waals surface area contributed by atoms with Crippen LogP contribution in [0.25, 0.3) is 0 Å². The number of hydrogen-bond donors (Lipinski definition) is 0. The van der Waals surface area contributed by atoms with Gasteiger partial charge in [-0.2, -0.15) is 0 Å². The molecule has 15 heteroatoms. The van der Waals surface area contributed by atoms with Gasteiger partial charge in [-0.15, -0.1) is 0 Å². The molecule has 0 aliphatic heterocycles. The first-order valence-electron chi connectivity index (χ1n) is 7.55. The van der Waals surface area contributed by atoms with E-state index in [9.17, 15) is 40.5 Å². The Morgan fingerprint density at radius 1 is 0.500 bits per heavy atom. The molecule has 0 aliphatic rings. The van der Waals surface area contributed by atoms with Crippen molar-refractivity contribution in [3.05, 3.63) is 108 Å². The molecule has 0 aromatic carbocycles. The Balaban J connectivity index is 0.000000237. The lowest BCUT2D eigenvalue weighted by atomic mass is 10.4. The van der Waals surface area contributed by atoms with Gasteiger partial charge in [0.05, 0.1) is 31.8 Å². The Morgan fingerprint density at radius 2 is 0.800 bits per heavy atom. The van der Waals surface area contributed by atoms with Crippen molar-refractivity contribution in [1.29, 1.82) is 0 Å². The Morgan fingerprint density at radius 3 is 0.967 bits per heavy atom. The summed E-state index contributed by atoms with van der Waals surface area (Å²) in [4.78, 5) is 48.0. The van der Waals surface area contributed by atoms with Crippen LogP contribution in [0.1, 0.15) is 0 Å². The number of rotatable bonds is 4. The first-order chi connectivity index (χ1) is 14.2. The van der Waals surface area contributed by atoms with Gasteiger partial charge in [-0.3, -0.25) is 55.4 Å². The zero-order valence-electron chi connectivity index (χ0n) is 14.7. The average molecular weight is 417 g/mol. The van der Waals surface area contributed by atoms with Crippen molar-refractivity contribution >= 4 is 22.7 Å². The lowest BCUT2D eigenvalue weighted by molar-refractivity contribution is -0.395. The third kappa shape index (κ3) is 8.16. The van der Waals surface area contributed by atoms with Crippen LogP contribution >= 0.6 is 0 Å². The zero-order chi connectivity index (χ0) is 22.5. The topological polar surface area (TPSA) is 211 Å². The highest BCUT2D eigenvalue weighted by Crippen LogP contribution is 2.17. The lowest BCUT2D eigenvalue weighted by Crippen LogP contribution is -1.93.